The molecule has 0 aliphatic carbocycles. The van der Waals surface area contributed by atoms with E-state index in [4.69, 9.17) is 16.6 Å². The molecule has 1 N–H and O–H groups in total. The van der Waals surface area contributed by atoms with Crippen LogP contribution in [-0.2, 0) is 11.2 Å². The fourth-order valence-corrected chi connectivity index (χ4v) is 4.19. The Balaban J connectivity index is 1.45. The second-order valence-corrected chi connectivity index (χ2v) is 8.11. The second-order valence-electron chi connectivity index (χ2n) is 6.92. The molecule has 30 heavy (non-hydrogen) atoms. The molecule has 0 saturated carbocycles. The summed E-state index contributed by atoms with van der Waals surface area (Å²) in [7, 11) is 0. The van der Waals surface area contributed by atoms with E-state index in [1.165, 1.54) is 11.3 Å². The molecule has 1 fully saturated rings. The number of piperazine rings is 1. The highest BCUT2D eigenvalue weighted by atomic mass is 35.5. The van der Waals surface area contributed by atoms with Crippen LogP contribution in [0.2, 0.25) is 5.15 Å². The van der Waals surface area contributed by atoms with E-state index >= 15 is 0 Å². The minimum absolute atomic E-state index is 0.0779. The van der Waals surface area contributed by atoms with Gasteiger partial charge in [0.1, 0.15) is 16.5 Å². The first-order valence-corrected chi connectivity index (χ1v) is 11.0. The van der Waals surface area contributed by atoms with Gasteiger partial charge in [0.25, 0.3) is 0 Å². The lowest BCUT2D eigenvalue weighted by Gasteiger charge is -2.36. The Morgan fingerprint density at radius 1 is 1.17 bits per heavy atom. The number of hydrogen-bond donors (Lipinski definition) is 1. The van der Waals surface area contributed by atoms with Gasteiger partial charge in [-0.25, -0.2) is 9.97 Å². The number of benzene rings is 1. The molecule has 2 aromatic heterocycles. The molecule has 0 bridgehead atoms. The third-order valence-electron chi connectivity index (χ3n) is 4.97. The summed E-state index contributed by atoms with van der Waals surface area (Å²) in [4.78, 5) is 25.9. The maximum absolute atomic E-state index is 12.2. The van der Waals surface area contributed by atoms with Crippen molar-refractivity contribution in [1.82, 2.24) is 25.1 Å². The molecular weight excluding hydrogens is 422 g/mol. The first kappa shape index (κ1) is 20.6. The Kier molecular flexibility index (Phi) is 6.51. The molecule has 8 nitrogen and oxygen atoms in total. The van der Waals surface area contributed by atoms with Crippen molar-refractivity contribution in [2.75, 3.05) is 42.9 Å². The van der Waals surface area contributed by atoms with Crippen molar-refractivity contribution in [3.05, 3.63) is 46.6 Å². The molecule has 10 heteroatoms. The van der Waals surface area contributed by atoms with Crippen LogP contribution in [0.4, 0.5) is 10.9 Å². The zero-order chi connectivity index (χ0) is 20.9. The predicted octanol–water partition coefficient (Wildman–Crippen LogP) is 2.97. The van der Waals surface area contributed by atoms with Gasteiger partial charge in [-0.15, -0.1) is 10.2 Å². The van der Waals surface area contributed by atoms with Crippen molar-refractivity contribution < 1.29 is 4.79 Å². The average Bonchev–Trinajstić information content (AvgIpc) is 3.27. The molecule has 1 saturated heterocycles. The molecule has 0 atom stereocenters. The minimum atomic E-state index is -0.0779. The fourth-order valence-electron chi connectivity index (χ4n) is 3.43. The Labute approximate surface area is 183 Å². The molecule has 1 amide bonds. The summed E-state index contributed by atoms with van der Waals surface area (Å²) in [5.41, 5.74) is 3.49. The highest BCUT2D eigenvalue weighted by Gasteiger charge is 2.24. The molecule has 4 rings (SSSR count). The summed E-state index contributed by atoms with van der Waals surface area (Å²) in [5.74, 6) is 1.44. The fraction of sp³-hybridized carbons (Fsp3) is 0.350. The molecule has 1 aliphatic heterocycles. The first-order chi connectivity index (χ1) is 14.6. The van der Waals surface area contributed by atoms with Crippen LogP contribution in [0, 0.1) is 0 Å². The van der Waals surface area contributed by atoms with Gasteiger partial charge in [0.05, 0.1) is 6.54 Å². The number of aromatic nitrogens is 4. The average molecular weight is 444 g/mol. The molecule has 0 unspecified atom stereocenters. The van der Waals surface area contributed by atoms with Crippen LogP contribution >= 0.6 is 22.9 Å². The maximum Gasteiger partial charge on any atom is 0.240 e. The van der Waals surface area contributed by atoms with Crippen molar-refractivity contribution in [1.29, 1.82) is 0 Å². The number of halogens is 1. The topological polar surface area (TPSA) is 87.1 Å². The van der Waals surface area contributed by atoms with E-state index in [1.54, 1.807) is 5.51 Å². The van der Waals surface area contributed by atoms with Gasteiger partial charge in [-0.3, -0.25) is 15.0 Å². The van der Waals surface area contributed by atoms with E-state index in [1.807, 2.05) is 30.3 Å². The van der Waals surface area contributed by atoms with E-state index in [0.717, 1.165) is 49.5 Å². The largest absolute Gasteiger partial charge is 0.354 e. The van der Waals surface area contributed by atoms with Crippen molar-refractivity contribution in [3.8, 4) is 11.4 Å². The van der Waals surface area contributed by atoms with Gasteiger partial charge in [0.2, 0.25) is 11.0 Å². The molecule has 156 valence electrons. The maximum atomic E-state index is 12.2. The molecule has 3 heterocycles. The van der Waals surface area contributed by atoms with Crippen LogP contribution in [-0.4, -0.2) is 63.7 Å². The van der Waals surface area contributed by atoms with E-state index in [2.05, 4.69) is 37.2 Å². The van der Waals surface area contributed by atoms with Crippen LogP contribution in [0.5, 0.6) is 0 Å². The van der Waals surface area contributed by atoms with Gasteiger partial charge in [0.15, 0.2) is 5.82 Å². The predicted molar refractivity (Wildman–Crippen MR) is 119 cm³/mol. The van der Waals surface area contributed by atoms with Crippen molar-refractivity contribution in [2.24, 2.45) is 0 Å². The number of carbonyl (C=O) groups is 1. The third kappa shape index (κ3) is 4.75. The Morgan fingerprint density at radius 3 is 2.60 bits per heavy atom. The second kappa shape index (κ2) is 9.46. The summed E-state index contributed by atoms with van der Waals surface area (Å²) >= 11 is 7.83. The Morgan fingerprint density at radius 2 is 1.93 bits per heavy atom. The summed E-state index contributed by atoms with van der Waals surface area (Å²) in [6.07, 6.45) is 0.758. The van der Waals surface area contributed by atoms with E-state index in [9.17, 15) is 4.79 Å². The highest BCUT2D eigenvalue weighted by Crippen LogP contribution is 2.29. The smallest absolute Gasteiger partial charge is 0.240 e. The van der Waals surface area contributed by atoms with Gasteiger partial charge >= 0.3 is 0 Å². The summed E-state index contributed by atoms with van der Waals surface area (Å²) < 4.78 is 0. The number of amides is 1. The zero-order valence-electron chi connectivity index (χ0n) is 16.6. The number of carbonyl (C=O) groups excluding carboxylic acids is 1. The van der Waals surface area contributed by atoms with Gasteiger partial charge < -0.3 is 4.90 Å². The summed E-state index contributed by atoms with van der Waals surface area (Å²) in [5, 5.41) is 11.4. The van der Waals surface area contributed by atoms with Gasteiger partial charge in [-0.1, -0.05) is 60.2 Å². The van der Waals surface area contributed by atoms with Gasteiger partial charge in [-0.05, 0) is 6.42 Å². The minimum Gasteiger partial charge on any atom is -0.354 e. The van der Waals surface area contributed by atoms with Crippen LogP contribution in [0.15, 0.2) is 35.8 Å². The SMILES string of the molecule is CCc1c(Cl)nc(-c2ccccc2)nc1N1CCN(CC(=O)Nc2nncs2)CC1. The number of nitrogens with one attached hydrogen (secondary N) is 1. The first-order valence-electron chi connectivity index (χ1n) is 9.79. The monoisotopic (exact) mass is 443 g/mol. The van der Waals surface area contributed by atoms with Crippen LogP contribution < -0.4 is 10.2 Å². The molecule has 0 radical (unpaired) electrons. The van der Waals surface area contributed by atoms with Crippen LogP contribution in [0.3, 0.4) is 0 Å². The number of hydrogen-bond acceptors (Lipinski definition) is 8. The normalized spacial score (nSPS) is 14.7. The number of nitrogens with zero attached hydrogens (tertiary/aromatic N) is 6. The van der Waals surface area contributed by atoms with E-state index in [-0.39, 0.29) is 5.91 Å². The highest BCUT2D eigenvalue weighted by molar-refractivity contribution is 7.13. The lowest BCUT2D eigenvalue weighted by Crippen LogP contribution is -2.49. The van der Waals surface area contributed by atoms with E-state index < -0.39 is 0 Å². The Bertz CT molecular complexity index is 992. The number of rotatable bonds is 6. The van der Waals surface area contributed by atoms with Crippen LogP contribution in [0.25, 0.3) is 11.4 Å². The van der Waals surface area contributed by atoms with Gasteiger partial charge in [0, 0.05) is 37.3 Å². The van der Waals surface area contributed by atoms with Crippen molar-refractivity contribution in [3.63, 3.8) is 0 Å². The molecule has 1 aliphatic rings. The molecule has 3 aromatic rings. The molecule has 0 spiro atoms. The van der Waals surface area contributed by atoms with Crippen LogP contribution in [0.1, 0.15) is 12.5 Å². The number of anilines is 2. The lowest BCUT2D eigenvalue weighted by molar-refractivity contribution is -0.117. The summed E-state index contributed by atoms with van der Waals surface area (Å²) in [6.45, 7) is 5.43. The van der Waals surface area contributed by atoms with E-state index in [0.29, 0.717) is 22.7 Å². The van der Waals surface area contributed by atoms with Gasteiger partial charge in [-0.2, -0.15) is 0 Å². The molecule has 1 aromatic carbocycles. The zero-order valence-corrected chi connectivity index (χ0v) is 18.2. The lowest BCUT2D eigenvalue weighted by atomic mass is 10.1. The quantitative estimate of drug-likeness (QED) is 0.586. The third-order valence-corrected chi connectivity index (χ3v) is 5.89. The standard InChI is InChI=1S/C20H22ClN7OS/c1-2-15-17(21)24-18(14-6-4-3-5-7-14)25-19(15)28-10-8-27(9-11-28)12-16(29)23-20-26-22-13-30-20/h3-7,13H,2,8-12H2,1H3,(H,23,26,29). The Hall–Kier alpha value is -2.62. The molecular formula is C20H22ClN7OS. The van der Waals surface area contributed by atoms with Crippen molar-refractivity contribution in [2.45, 2.75) is 13.3 Å². The van der Waals surface area contributed by atoms with Crippen molar-refractivity contribution >= 4 is 39.8 Å². The summed E-state index contributed by atoms with van der Waals surface area (Å²) in [6, 6.07) is 9.86.